The Morgan fingerprint density at radius 1 is 1.27 bits per heavy atom. The Kier molecular flexibility index (Phi) is 4.51. The standard InChI is InChI=1S/C17H18N4O3S2/c1-26(22,23)21-8-6-12(10-21)24-15-5-3-2-4-13(15)20-17-16-14(7-9-25-16)18-11-19-17/h2-5,7,9,11-12H,6,8,10H2,1H3,(H,18,19,20). The third kappa shape index (κ3) is 3.50. The number of rotatable bonds is 5. The van der Waals surface area contributed by atoms with Crippen molar-refractivity contribution in [3.8, 4) is 5.75 Å². The van der Waals surface area contributed by atoms with Crippen LogP contribution < -0.4 is 10.1 Å². The van der Waals surface area contributed by atoms with E-state index in [0.29, 0.717) is 25.3 Å². The second-order valence-corrected chi connectivity index (χ2v) is 9.03. The van der Waals surface area contributed by atoms with Gasteiger partial charge in [0, 0.05) is 6.54 Å². The highest BCUT2D eigenvalue weighted by molar-refractivity contribution is 7.88. The van der Waals surface area contributed by atoms with Crippen molar-refractivity contribution < 1.29 is 13.2 Å². The first-order valence-electron chi connectivity index (χ1n) is 8.17. The van der Waals surface area contributed by atoms with E-state index in [0.717, 1.165) is 21.7 Å². The molecular formula is C17H18N4O3S2. The van der Waals surface area contributed by atoms with Gasteiger partial charge in [-0.2, -0.15) is 4.31 Å². The molecule has 4 rings (SSSR count). The smallest absolute Gasteiger partial charge is 0.211 e. The highest BCUT2D eigenvalue weighted by Crippen LogP contribution is 2.33. The van der Waals surface area contributed by atoms with Crippen molar-refractivity contribution in [2.45, 2.75) is 12.5 Å². The van der Waals surface area contributed by atoms with E-state index in [1.807, 2.05) is 35.7 Å². The lowest BCUT2D eigenvalue weighted by atomic mass is 10.2. The molecule has 1 atom stereocenters. The van der Waals surface area contributed by atoms with Crippen LogP contribution in [0.5, 0.6) is 5.75 Å². The van der Waals surface area contributed by atoms with Crippen LogP contribution in [0.2, 0.25) is 0 Å². The molecule has 0 saturated carbocycles. The van der Waals surface area contributed by atoms with E-state index in [-0.39, 0.29) is 6.10 Å². The number of benzene rings is 1. The Bertz CT molecular complexity index is 1040. The number of thiophene rings is 1. The molecule has 1 saturated heterocycles. The van der Waals surface area contributed by atoms with Crippen LogP contribution in [0.25, 0.3) is 10.2 Å². The third-order valence-corrected chi connectivity index (χ3v) is 6.43. The number of hydrogen-bond donors (Lipinski definition) is 1. The lowest BCUT2D eigenvalue weighted by Gasteiger charge is -2.18. The number of sulfonamides is 1. The monoisotopic (exact) mass is 390 g/mol. The molecule has 3 aromatic rings. The fourth-order valence-corrected chi connectivity index (χ4v) is 4.62. The van der Waals surface area contributed by atoms with Gasteiger partial charge in [0.15, 0.2) is 5.82 Å². The number of para-hydroxylation sites is 2. The molecule has 9 heteroatoms. The average molecular weight is 390 g/mol. The highest BCUT2D eigenvalue weighted by atomic mass is 32.2. The van der Waals surface area contributed by atoms with E-state index in [1.165, 1.54) is 16.9 Å². The second kappa shape index (κ2) is 6.82. The number of nitrogens with zero attached hydrogens (tertiary/aromatic N) is 3. The Morgan fingerprint density at radius 2 is 2.12 bits per heavy atom. The van der Waals surface area contributed by atoms with Crippen molar-refractivity contribution >= 4 is 43.1 Å². The van der Waals surface area contributed by atoms with Crippen molar-refractivity contribution in [1.82, 2.24) is 14.3 Å². The molecule has 1 fully saturated rings. The van der Waals surface area contributed by atoms with Crippen LogP contribution in [0.3, 0.4) is 0 Å². The average Bonchev–Trinajstić information content (AvgIpc) is 3.26. The van der Waals surface area contributed by atoms with Crippen LogP contribution in [-0.4, -0.2) is 48.1 Å². The van der Waals surface area contributed by atoms with Crippen LogP contribution >= 0.6 is 11.3 Å². The molecule has 7 nitrogen and oxygen atoms in total. The fourth-order valence-electron chi connectivity index (χ4n) is 2.95. The zero-order valence-corrected chi connectivity index (χ0v) is 15.8. The quantitative estimate of drug-likeness (QED) is 0.721. The Morgan fingerprint density at radius 3 is 2.92 bits per heavy atom. The van der Waals surface area contributed by atoms with Gasteiger partial charge >= 0.3 is 0 Å². The Labute approximate surface area is 155 Å². The van der Waals surface area contributed by atoms with Crippen LogP contribution in [0, 0.1) is 0 Å². The zero-order chi connectivity index (χ0) is 18.1. The summed E-state index contributed by atoms with van der Waals surface area (Å²) in [5.41, 5.74) is 1.68. The van der Waals surface area contributed by atoms with E-state index in [2.05, 4.69) is 15.3 Å². The van der Waals surface area contributed by atoms with Crippen LogP contribution in [0.1, 0.15) is 6.42 Å². The summed E-state index contributed by atoms with van der Waals surface area (Å²) in [4.78, 5) is 8.58. The van der Waals surface area contributed by atoms with Gasteiger partial charge in [-0.15, -0.1) is 11.3 Å². The maximum Gasteiger partial charge on any atom is 0.211 e. The molecule has 1 aromatic carbocycles. The number of aromatic nitrogens is 2. The van der Waals surface area contributed by atoms with Gasteiger partial charge in [-0.3, -0.25) is 0 Å². The van der Waals surface area contributed by atoms with Gasteiger partial charge in [-0.1, -0.05) is 12.1 Å². The first-order chi connectivity index (χ1) is 12.5. The largest absolute Gasteiger partial charge is 0.487 e. The summed E-state index contributed by atoms with van der Waals surface area (Å²) in [5, 5.41) is 5.30. The number of hydrogen-bond acceptors (Lipinski definition) is 7. The molecule has 136 valence electrons. The topological polar surface area (TPSA) is 84.4 Å². The van der Waals surface area contributed by atoms with Crippen LogP contribution in [0.15, 0.2) is 42.0 Å². The molecule has 0 spiro atoms. The van der Waals surface area contributed by atoms with Gasteiger partial charge in [-0.25, -0.2) is 18.4 Å². The summed E-state index contributed by atoms with van der Waals surface area (Å²) in [6.45, 7) is 0.858. The number of ether oxygens (including phenoxy) is 1. The molecule has 1 aliphatic rings. The van der Waals surface area contributed by atoms with Crippen molar-refractivity contribution in [2.75, 3.05) is 24.7 Å². The number of anilines is 2. The number of nitrogens with one attached hydrogen (secondary N) is 1. The molecule has 1 aliphatic heterocycles. The Hall–Kier alpha value is -2.23. The van der Waals surface area contributed by atoms with Crippen LogP contribution in [-0.2, 0) is 10.0 Å². The normalized spacial score (nSPS) is 18.3. The lowest BCUT2D eigenvalue weighted by Crippen LogP contribution is -2.30. The molecule has 26 heavy (non-hydrogen) atoms. The van der Waals surface area contributed by atoms with Gasteiger partial charge in [0.1, 0.15) is 18.2 Å². The van der Waals surface area contributed by atoms with E-state index in [4.69, 9.17) is 4.74 Å². The predicted octanol–water partition coefficient (Wildman–Crippen LogP) is 2.85. The molecule has 0 bridgehead atoms. The fraction of sp³-hybridized carbons (Fsp3) is 0.294. The molecule has 1 unspecified atom stereocenters. The summed E-state index contributed by atoms with van der Waals surface area (Å²) < 4.78 is 31.9. The van der Waals surface area contributed by atoms with E-state index < -0.39 is 10.0 Å². The van der Waals surface area contributed by atoms with Gasteiger partial charge in [0.25, 0.3) is 0 Å². The van der Waals surface area contributed by atoms with Crippen molar-refractivity contribution in [1.29, 1.82) is 0 Å². The SMILES string of the molecule is CS(=O)(=O)N1CCC(Oc2ccccc2Nc2ncnc3ccsc23)C1. The molecule has 1 N–H and O–H groups in total. The summed E-state index contributed by atoms with van der Waals surface area (Å²) >= 11 is 1.57. The van der Waals surface area contributed by atoms with Crippen molar-refractivity contribution in [3.63, 3.8) is 0 Å². The Balaban J connectivity index is 1.55. The minimum absolute atomic E-state index is 0.167. The lowest BCUT2D eigenvalue weighted by molar-refractivity contribution is 0.217. The van der Waals surface area contributed by atoms with Crippen molar-refractivity contribution in [2.24, 2.45) is 0 Å². The highest BCUT2D eigenvalue weighted by Gasteiger charge is 2.30. The molecule has 2 aromatic heterocycles. The minimum atomic E-state index is -3.18. The summed E-state index contributed by atoms with van der Waals surface area (Å²) in [7, 11) is -3.18. The minimum Gasteiger partial charge on any atom is -0.487 e. The maximum atomic E-state index is 11.7. The molecule has 0 radical (unpaired) electrons. The van der Waals surface area contributed by atoms with E-state index in [9.17, 15) is 8.42 Å². The predicted molar refractivity (Wildman–Crippen MR) is 103 cm³/mol. The maximum absolute atomic E-state index is 11.7. The summed E-state index contributed by atoms with van der Waals surface area (Å²) in [6.07, 6.45) is 3.26. The first-order valence-corrected chi connectivity index (χ1v) is 10.9. The van der Waals surface area contributed by atoms with Gasteiger partial charge in [-0.05, 0) is 30.0 Å². The van der Waals surface area contributed by atoms with E-state index in [1.54, 1.807) is 11.3 Å². The molecule has 0 aliphatic carbocycles. The summed E-state index contributed by atoms with van der Waals surface area (Å²) in [6, 6.07) is 9.55. The number of fused-ring (bicyclic) bond motifs is 1. The summed E-state index contributed by atoms with van der Waals surface area (Å²) in [5.74, 6) is 1.40. The molecule has 3 heterocycles. The molecule has 0 amide bonds. The second-order valence-electron chi connectivity index (χ2n) is 6.13. The van der Waals surface area contributed by atoms with E-state index >= 15 is 0 Å². The van der Waals surface area contributed by atoms with Gasteiger partial charge in [0.05, 0.1) is 28.7 Å². The van der Waals surface area contributed by atoms with Crippen molar-refractivity contribution in [3.05, 3.63) is 42.0 Å². The van der Waals surface area contributed by atoms with Crippen LogP contribution in [0.4, 0.5) is 11.5 Å². The van der Waals surface area contributed by atoms with Gasteiger partial charge in [0.2, 0.25) is 10.0 Å². The molecular weight excluding hydrogens is 372 g/mol. The third-order valence-electron chi connectivity index (χ3n) is 4.25. The first kappa shape index (κ1) is 17.2. The van der Waals surface area contributed by atoms with Gasteiger partial charge < -0.3 is 10.1 Å². The zero-order valence-electron chi connectivity index (χ0n) is 14.1.